The molecule has 0 fully saturated rings. The number of aliphatic hydroxyl groups is 1. The topological polar surface area (TPSA) is 69.6 Å². The molecule has 0 aliphatic carbocycles. The molecule has 0 aliphatic heterocycles. The number of carbonyl (C=O) groups is 2. The molecule has 5 nitrogen and oxygen atoms in total. The zero-order valence-electron chi connectivity index (χ0n) is 11.0. The summed E-state index contributed by atoms with van der Waals surface area (Å²) in [4.78, 5) is 24.7. The molecule has 0 bridgehead atoms. The average Bonchev–Trinajstić information content (AvgIpc) is 2.45. The van der Waals surface area contributed by atoms with Crippen molar-refractivity contribution in [3.63, 3.8) is 0 Å². The molecule has 0 atom stereocenters. The Labute approximate surface area is 116 Å². The van der Waals surface area contributed by atoms with Crippen LogP contribution in [0, 0.1) is 5.82 Å². The van der Waals surface area contributed by atoms with Crippen LogP contribution in [0.15, 0.2) is 36.9 Å². The van der Waals surface area contributed by atoms with Crippen molar-refractivity contribution in [2.24, 2.45) is 0 Å². The van der Waals surface area contributed by atoms with Crippen LogP contribution in [0.1, 0.15) is 5.56 Å². The van der Waals surface area contributed by atoms with Crippen LogP contribution in [-0.4, -0.2) is 41.5 Å². The fourth-order valence-electron chi connectivity index (χ4n) is 1.56. The zero-order valence-corrected chi connectivity index (χ0v) is 11.0. The van der Waals surface area contributed by atoms with Crippen LogP contribution < -0.4 is 5.32 Å². The number of benzene rings is 1. The van der Waals surface area contributed by atoms with Crippen molar-refractivity contribution in [2.75, 3.05) is 19.7 Å². The maximum absolute atomic E-state index is 12.7. The maximum atomic E-state index is 12.7. The third kappa shape index (κ3) is 4.81. The van der Waals surface area contributed by atoms with Gasteiger partial charge in [-0.05, 0) is 17.7 Å². The van der Waals surface area contributed by atoms with E-state index in [1.165, 1.54) is 35.2 Å². The molecule has 0 aliphatic rings. The summed E-state index contributed by atoms with van der Waals surface area (Å²) >= 11 is 0. The van der Waals surface area contributed by atoms with E-state index >= 15 is 0 Å². The lowest BCUT2D eigenvalue weighted by Gasteiger charge is -2.19. The van der Waals surface area contributed by atoms with Crippen LogP contribution in [0.3, 0.4) is 0 Å². The van der Waals surface area contributed by atoms with E-state index in [2.05, 4.69) is 11.9 Å². The highest BCUT2D eigenvalue weighted by Crippen LogP contribution is 2.02. The van der Waals surface area contributed by atoms with Gasteiger partial charge in [0.2, 0.25) is 0 Å². The van der Waals surface area contributed by atoms with Crippen molar-refractivity contribution < 1.29 is 19.1 Å². The van der Waals surface area contributed by atoms with E-state index in [9.17, 15) is 14.0 Å². The third-order valence-corrected chi connectivity index (χ3v) is 2.57. The lowest BCUT2D eigenvalue weighted by molar-refractivity contribution is -0.145. The molecule has 0 unspecified atom stereocenters. The third-order valence-electron chi connectivity index (χ3n) is 2.57. The van der Waals surface area contributed by atoms with Crippen molar-refractivity contribution in [3.05, 3.63) is 48.3 Å². The van der Waals surface area contributed by atoms with Gasteiger partial charge in [-0.2, -0.15) is 0 Å². The molecule has 0 spiro atoms. The molecule has 0 saturated carbocycles. The summed E-state index contributed by atoms with van der Waals surface area (Å²) in [6.07, 6.45) is 1.47. The highest BCUT2D eigenvalue weighted by atomic mass is 19.1. The molecule has 0 heterocycles. The molecule has 2 N–H and O–H groups in total. The lowest BCUT2D eigenvalue weighted by Crippen LogP contribution is -2.44. The summed E-state index contributed by atoms with van der Waals surface area (Å²) in [5.41, 5.74) is 0.685. The van der Waals surface area contributed by atoms with Crippen LogP contribution in [0.2, 0.25) is 0 Å². The SMILES string of the molecule is C=CCN(CCO)C(=O)C(=O)NCc1ccc(F)cc1. The predicted octanol–water partition coefficient (Wildman–Crippen LogP) is 0.449. The first-order valence-electron chi connectivity index (χ1n) is 6.11. The first kappa shape index (κ1) is 15.8. The molecule has 6 heteroatoms. The Hall–Kier alpha value is -2.21. The predicted molar refractivity (Wildman–Crippen MR) is 72.1 cm³/mol. The van der Waals surface area contributed by atoms with Crippen molar-refractivity contribution in [1.29, 1.82) is 0 Å². The Morgan fingerprint density at radius 3 is 2.55 bits per heavy atom. The zero-order chi connectivity index (χ0) is 15.0. The van der Waals surface area contributed by atoms with E-state index in [-0.39, 0.29) is 32.1 Å². The number of hydrogen-bond donors (Lipinski definition) is 2. The Bertz CT molecular complexity index is 474. The van der Waals surface area contributed by atoms with E-state index in [0.717, 1.165) is 0 Å². The van der Waals surface area contributed by atoms with Crippen molar-refractivity contribution in [1.82, 2.24) is 10.2 Å². The van der Waals surface area contributed by atoms with Gasteiger partial charge in [0, 0.05) is 19.6 Å². The standard InChI is InChI=1S/C14H17FN2O3/c1-2-7-17(8-9-18)14(20)13(19)16-10-11-3-5-12(15)6-4-11/h2-6,18H,1,7-10H2,(H,16,19). The largest absolute Gasteiger partial charge is 0.395 e. The van der Waals surface area contributed by atoms with E-state index in [4.69, 9.17) is 5.11 Å². The van der Waals surface area contributed by atoms with Gasteiger partial charge in [0.05, 0.1) is 6.61 Å². The molecule has 2 amide bonds. The maximum Gasteiger partial charge on any atom is 0.312 e. The number of aliphatic hydroxyl groups excluding tert-OH is 1. The van der Waals surface area contributed by atoms with Gasteiger partial charge in [-0.1, -0.05) is 18.2 Å². The minimum Gasteiger partial charge on any atom is -0.395 e. The average molecular weight is 280 g/mol. The second-order valence-corrected chi connectivity index (χ2v) is 4.07. The van der Waals surface area contributed by atoms with Crippen LogP contribution in [0.5, 0.6) is 0 Å². The summed E-state index contributed by atoms with van der Waals surface area (Å²) in [6, 6.07) is 5.60. The molecular weight excluding hydrogens is 263 g/mol. The minimum absolute atomic E-state index is 0.0643. The monoisotopic (exact) mass is 280 g/mol. The molecule has 108 valence electrons. The number of halogens is 1. The van der Waals surface area contributed by atoms with Crippen LogP contribution in [-0.2, 0) is 16.1 Å². The summed E-state index contributed by atoms with van der Waals surface area (Å²) in [5.74, 6) is -1.87. The smallest absolute Gasteiger partial charge is 0.312 e. The lowest BCUT2D eigenvalue weighted by atomic mass is 10.2. The van der Waals surface area contributed by atoms with Gasteiger partial charge in [0.15, 0.2) is 0 Å². The van der Waals surface area contributed by atoms with E-state index in [0.29, 0.717) is 5.56 Å². The van der Waals surface area contributed by atoms with E-state index < -0.39 is 11.8 Å². The first-order valence-corrected chi connectivity index (χ1v) is 6.11. The Kier molecular flexibility index (Phi) is 6.39. The van der Waals surface area contributed by atoms with Gasteiger partial charge in [0.25, 0.3) is 0 Å². The van der Waals surface area contributed by atoms with Gasteiger partial charge in [-0.3, -0.25) is 9.59 Å². The Balaban J connectivity index is 2.54. The van der Waals surface area contributed by atoms with Gasteiger partial charge in [-0.15, -0.1) is 6.58 Å². The van der Waals surface area contributed by atoms with Gasteiger partial charge in [-0.25, -0.2) is 4.39 Å². The quantitative estimate of drug-likeness (QED) is 0.587. The van der Waals surface area contributed by atoms with Crippen LogP contribution in [0.25, 0.3) is 0 Å². The second kappa shape index (κ2) is 8.06. The van der Waals surface area contributed by atoms with E-state index in [1.54, 1.807) is 0 Å². The van der Waals surface area contributed by atoms with Crippen molar-refractivity contribution in [2.45, 2.75) is 6.54 Å². The Morgan fingerprint density at radius 2 is 2.00 bits per heavy atom. The molecular formula is C14H17FN2O3. The fraction of sp³-hybridized carbons (Fsp3) is 0.286. The number of amides is 2. The molecule has 0 aromatic heterocycles. The molecule has 1 aromatic carbocycles. The minimum atomic E-state index is -0.773. The van der Waals surface area contributed by atoms with Crippen molar-refractivity contribution in [3.8, 4) is 0 Å². The first-order chi connectivity index (χ1) is 9.58. The van der Waals surface area contributed by atoms with E-state index in [1.807, 2.05) is 0 Å². The van der Waals surface area contributed by atoms with Crippen LogP contribution >= 0.6 is 0 Å². The molecule has 0 saturated heterocycles. The number of hydrogen-bond acceptors (Lipinski definition) is 3. The highest BCUT2D eigenvalue weighted by molar-refractivity contribution is 6.35. The van der Waals surface area contributed by atoms with Crippen molar-refractivity contribution >= 4 is 11.8 Å². The summed E-state index contributed by atoms with van der Waals surface area (Å²) in [5, 5.41) is 11.3. The number of rotatable bonds is 6. The van der Waals surface area contributed by atoms with Gasteiger partial charge < -0.3 is 15.3 Å². The Morgan fingerprint density at radius 1 is 1.35 bits per heavy atom. The number of nitrogens with zero attached hydrogens (tertiary/aromatic N) is 1. The van der Waals surface area contributed by atoms with Gasteiger partial charge >= 0.3 is 11.8 Å². The van der Waals surface area contributed by atoms with Crippen LogP contribution in [0.4, 0.5) is 4.39 Å². The number of nitrogens with one attached hydrogen (secondary N) is 1. The highest BCUT2D eigenvalue weighted by Gasteiger charge is 2.19. The summed E-state index contributed by atoms with van der Waals surface area (Å²) in [7, 11) is 0. The molecule has 1 rings (SSSR count). The molecule has 0 radical (unpaired) electrons. The molecule has 20 heavy (non-hydrogen) atoms. The second-order valence-electron chi connectivity index (χ2n) is 4.07. The fourth-order valence-corrected chi connectivity index (χ4v) is 1.56. The summed E-state index contributed by atoms with van der Waals surface area (Å²) in [6.45, 7) is 3.63. The van der Waals surface area contributed by atoms with Gasteiger partial charge in [0.1, 0.15) is 5.82 Å². The normalized spacial score (nSPS) is 9.90. The molecule has 1 aromatic rings. The number of carbonyl (C=O) groups excluding carboxylic acids is 2. The summed E-state index contributed by atoms with van der Waals surface area (Å²) < 4.78 is 12.7.